The first-order chi connectivity index (χ1) is 13.8. The van der Waals surface area contributed by atoms with Crippen molar-refractivity contribution in [2.75, 3.05) is 6.61 Å². The van der Waals surface area contributed by atoms with Crippen LogP contribution in [-0.2, 0) is 19.1 Å². The van der Waals surface area contributed by atoms with Gasteiger partial charge >= 0.3 is 5.95 Å². The molecule has 0 aromatic carbocycles. The van der Waals surface area contributed by atoms with Gasteiger partial charge in [-0.05, 0) is 12.3 Å². The molecule has 0 N–H and O–H groups in total. The Bertz CT molecular complexity index is 1140. The third-order valence-corrected chi connectivity index (χ3v) is 4.18. The molecule has 29 heavy (non-hydrogen) atoms. The Morgan fingerprint density at radius 2 is 1.93 bits per heavy atom. The summed E-state index contributed by atoms with van der Waals surface area (Å²) in [6.45, 7) is 8.85. The first-order valence-electron chi connectivity index (χ1n) is 9.20. The minimum absolute atomic E-state index is 0.209. The number of nitrogens with zero attached hydrogens (tertiary/aromatic N) is 8. The van der Waals surface area contributed by atoms with E-state index in [9.17, 15) is 0 Å². The van der Waals surface area contributed by atoms with Crippen molar-refractivity contribution in [2.24, 2.45) is 7.05 Å². The Hall–Kier alpha value is -3.50. The summed E-state index contributed by atoms with van der Waals surface area (Å²) >= 11 is 0. The third-order valence-electron chi connectivity index (χ3n) is 4.18. The molecule has 0 fully saturated rings. The molecule has 0 bridgehead atoms. The maximum atomic E-state index is 5.88. The summed E-state index contributed by atoms with van der Waals surface area (Å²) in [6, 6.07) is 3.53. The zero-order valence-corrected chi connectivity index (χ0v) is 16.9. The number of aromatic nitrogens is 8. The highest BCUT2D eigenvalue weighted by Gasteiger charge is 2.24. The van der Waals surface area contributed by atoms with Crippen LogP contribution < -0.4 is 9.47 Å². The van der Waals surface area contributed by atoms with Crippen LogP contribution in [0.15, 0.2) is 22.9 Å². The lowest BCUT2D eigenvalue weighted by Crippen LogP contribution is -2.15. The van der Waals surface area contributed by atoms with Crippen LogP contribution in [0.1, 0.15) is 39.0 Å². The average molecular weight is 398 g/mol. The summed E-state index contributed by atoms with van der Waals surface area (Å²) in [6.07, 6.45) is 1.79. The Kier molecular flexibility index (Phi) is 4.65. The van der Waals surface area contributed by atoms with Gasteiger partial charge in [-0.2, -0.15) is 4.52 Å². The van der Waals surface area contributed by atoms with E-state index >= 15 is 0 Å². The molecule has 0 aliphatic rings. The molecule has 0 radical (unpaired) electrons. The Balaban J connectivity index is 1.75. The fourth-order valence-electron chi connectivity index (χ4n) is 2.82. The number of aryl methyl sites for hydroxylation is 1. The zero-order valence-electron chi connectivity index (χ0n) is 16.9. The summed E-state index contributed by atoms with van der Waals surface area (Å²) in [7, 11) is 1.80. The maximum Gasteiger partial charge on any atom is 0.311 e. The van der Waals surface area contributed by atoms with E-state index in [-0.39, 0.29) is 12.0 Å². The van der Waals surface area contributed by atoms with E-state index in [4.69, 9.17) is 14.0 Å². The second-order valence-electron chi connectivity index (χ2n) is 7.54. The monoisotopic (exact) mass is 398 g/mol. The van der Waals surface area contributed by atoms with Crippen molar-refractivity contribution in [3.05, 3.63) is 29.6 Å². The lowest BCUT2D eigenvalue weighted by atomic mass is 9.88. The molecule has 0 saturated heterocycles. The topological polar surface area (TPSA) is 118 Å². The molecule has 11 heteroatoms. The molecule has 0 saturated carbocycles. The summed E-state index contributed by atoms with van der Waals surface area (Å²) < 4.78 is 19.6. The van der Waals surface area contributed by atoms with Crippen LogP contribution in [-0.4, -0.2) is 46.6 Å². The number of fused-ring (bicyclic) bond motifs is 1. The van der Waals surface area contributed by atoms with Crippen molar-refractivity contribution in [3.8, 4) is 23.3 Å². The van der Waals surface area contributed by atoms with E-state index in [1.807, 2.05) is 13.0 Å². The van der Waals surface area contributed by atoms with Crippen molar-refractivity contribution in [1.29, 1.82) is 0 Å². The van der Waals surface area contributed by atoms with Gasteiger partial charge in [-0.15, -0.1) is 20.4 Å². The lowest BCUT2D eigenvalue weighted by molar-refractivity contribution is 0.226. The predicted octanol–water partition coefficient (Wildman–Crippen LogP) is 2.18. The quantitative estimate of drug-likeness (QED) is 0.481. The normalized spacial score (nSPS) is 11.9. The summed E-state index contributed by atoms with van der Waals surface area (Å²) in [5.74, 6) is 1.16. The third kappa shape index (κ3) is 3.75. The van der Waals surface area contributed by atoms with Crippen molar-refractivity contribution in [2.45, 2.75) is 39.7 Å². The number of ether oxygens (including phenoxy) is 2. The Morgan fingerprint density at radius 1 is 1.10 bits per heavy atom. The smallest absolute Gasteiger partial charge is 0.311 e. The Morgan fingerprint density at radius 3 is 2.62 bits per heavy atom. The second kappa shape index (κ2) is 7.15. The molecule has 0 atom stereocenters. The highest BCUT2D eigenvalue weighted by Crippen LogP contribution is 2.30. The van der Waals surface area contributed by atoms with Crippen LogP contribution in [0.5, 0.6) is 11.8 Å². The zero-order chi connectivity index (χ0) is 20.6. The highest BCUT2D eigenvalue weighted by molar-refractivity contribution is 5.59. The van der Waals surface area contributed by atoms with Gasteiger partial charge in [0.2, 0.25) is 11.7 Å². The molecule has 4 rings (SSSR count). The Labute approximate surface area is 166 Å². The fourth-order valence-corrected chi connectivity index (χ4v) is 2.82. The van der Waals surface area contributed by atoms with Gasteiger partial charge in [0.25, 0.3) is 0 Å². The minimum atomic E-state index is -0.209. The van der Waals surface area contributed by atoms with E-state index in [0.29, 0.717) is 41.3 Å². The van der Waals surface area contributed by atoms with Crippen molar-refractivity contribution in [1.82, 2.24) is 40.0 Å². The number of hydrogen-bond acceptors (Lipinski definition) is 9. The molecule has 4 aromatic rings. The summed E-state index contributed by atoms with van der Waals surface area (Å²) in [4.78, 5) is 0. The maximum absolute atomic E-state index is 5.88. The molecule has 4 aromatic heterocycles. The summed E-state index contributed by atoms with van der Waals surface area (Å²) in [5, 5.41) is 25.1. The van der Waals surface area contributed by atoms with Crippen LogP contribution in [0.4, 0.5) is 0 Å². The van der Waals surface area contributed by atoms with Gasteiger partial charge in [0.05, 0.1) is 18.9 Å². The van der Waals surface area contributed by atoms with Crippen molar-refractivity contribution in [3.63, 3.8) is 0 Å². The first-order valence-corrected chi connectivity index (χ1v) is 9.20. The number of rotatable bonds is 6. The minimum Gasteiger partial charge on any atom is -0.470 e. The molecule has 0 spiro atoms. The second-order valence-corrected chi connectivity index (χ2v) is 7.54. The van der Waals surface area contributed by atoms with Gasteiger partial charge in [0.1, 0.15) is 12.3 Å². The molecule has 152 valence electrons. The average Bonchev–Trinajstić information content (AvgIpc) is 3.38. The predicted molar refractivity (Wildman–Crippen MR) is 101 cm³/mol. The van der Waals surface area contributed by atoms with Gasteiger partial charge in [0, 0.05) is 18.7 Å². The van der Waals surface area contributed by atoms with Crippen LogP contribution >= 0.6 is 0 Å². The van der Waals surface area contributed by atoms with E-state index in [1.165, 1.54) is 0 Å². The van der Waals surface area contributed by atoms with Gasteiger partial charge < -0.3 is 14.0 Å². The van der Waals surface area contributed by atoms with E-state index in [0.717, 1.165) is 5.56 Å². The first kappa shape index (κ1) is 18.8. The van der Waals surface area contributed by atoms with Gasteiger partial charge in [-0.25, -0.2) is 0 Å². The number of hydrogen-bond donors (Lipinski definition) is 0. The fraction of sp³-hybridized carbons (Fsp3) is 0.444. The van der Waals surface area contributed by atoms with Gasteiger partial charge in [0.15, 0.2) is 11.3 Å². The molecule has 0 aliphatic carbocycles. The molecule has 11 nitrogen and oxygen atoms in total. The molecule has 0 unspecified atom stereocenters. The van der Waals surface area contributed by atoms with E-state index in [1.54, 1.807) is 28.5 Å². The van der Waals surface area contributed by atoms with Crippen LogP contribution in [0.2, 0.25) is 0 Å². The van der Waals surface area contributed by atoms with Gasteiger partial charge in [-0.1, -0.05) is 31.1 Å². The van der Waals surface area contributed by atoms with Crippen LogP contribution in [0, 0.1) is 0 Å². The van der Waals surface area contributed by atoms with Crippen molar-refractivity contribution < 1.29 is 14.0 Å². The molecular formula is C18H22N8O3. The summed E-state index contributed by atoms with van der Waals surface area (Å²) in [5.41, 5.74) is 2.53. The van der Waals surface area contributed by atoms with Crippen molar-refractivity contribution >= 4 is 5.65 Å². The molecule has 4 heterocycles. The van der Waals surface area contributed by atoms with Crippen LogP contribution in [0.3, 0.4) is 0 Å². The van der Waals surface area contributed by atoms with Crippen LogP contribution in [0.25, 0.3) is 17.2 Å². The van der Waals surface area contributed by atoms with E-state index in [2.05, 4.69) is 51.5 Å². The standard InChI is InChI=1S/C18H22N8O3/c1-6-27-15-8-13(23-29-15)17-21-20-16-12(18(2,3)4)7-14(22-26(16)17)28-10-11-9-25(5)24-19-11/h7-9H,6,10H2,1-5H3. The molecule has 0 amide bonds. The SMILES string of the molecule is CCOc1cc(-c2nnc3c(C(C)(C)C)cc(OCc4cn(C)nn4)nn23)no1. The lowest BCUT2D eigenvalue weighted by Gasteiger charge is -2.20. The van der Waals surface area contributed by atoms with Gasteiger partial charge in [-0.3, -0.25) is 4.68 Å². The largest absolute Gasteiger partial charge is 0.470 e. The van der Waals surface area contributed by atoms with E-state index < -0.39 is 0 Å². The molecular weight excluding hydrogens is 376 g/mol. The highest BCUT2D eigenvalue weighted by atomic mass is 16.6. The molecule has 0 aliphatic heterocycles.